The number of rotatable bonds is 7. The van der Waals surface area contributed by atoms with Crippen LogP contribution in [0.15, 0.2) is 30.6 Å². The molecule has 3 rings (SSSR count). The summed E-state index contributed by atoms with van der Waals surface area (Å²) >= 11 is 5.89. The van der Waals surface area contributed by atoms with E-state index in [9.17, 15) is 4.79 Å². The molecule has 10 heteroatoms. The Labute approximate surface area is 148 Å². The Balaban J connectivity index is 1.61. The second kappa shape index (κ2) is 7.47. The van der Waals surface area contributed by atoms with Gasteiger partial charge in [0.1, 0.15) is 5.76 Å². The summed E-state index contributed by atoms with van der Waals surface area (Å²) in [6.07, 6.45) is 0. The van der Waals surface area contributed by atoms with E-state index in [-0.39, 0.29) is 11.7 Å². The van der Waals surface area contributed by atoms with Crippen molar-refractivity contribution in [3.8, 4) is 10.8 Å². The average Bonchev–Trinajstić information content (AvgIpc) is 3.24. The molecule has 0 saturated carbocycles. The molecule has 0 aliphatic carbocycles. The van der Waals surface area contributed by atoms with Gasteiger partial charge >= 0.3 is 0 Å². The zero-order valence-electron chi connectivity index (χ0n) is 12.0. The number of nitrogens with two attached hydrogens (primary N) is 1. The molecule has 120 valence electrons. The lowest BCUT2D eigenvalue weighted by Crippen LogP contribution is -2.12. The van der Waals surface area contributed by atoms with Gasteiger partial charge in [-0.1, -0.05) is 40.9 Å². The predicted molar refractivity (Wildman–Crippen MR) is 93.9 cm³/mol. The van der Waals surface area contributed by atoms with Gasteiger partial charge in [-0.3, -0.25) is 4.79 Å². The van der Waals surface area contributed by atoms with Crippen molar-refractivity contribution in [3.63, 3.8) is 0 Å². The largest absolute Gasteiger partial charge is 0.440 e. The molecule has 3 heterocycles. The highest BCUT2D eigenvalue weighted by atomic mass is 32.2. The number of aromatic nitrogens is 3. The van der Waals surface area contributed by atoms with E-state index in [2.05, 4.69) is 15.2 Å². The zero-order valence-corrected chi connectivity index (χ0v) is 15.3. The van der Waals surface area contributed by atoms with Crippen LogP contribution in [0, 0.1) is 6.92 Å². The summed E-state index contributed by atoms with van der Waals surface area (Å²) in [5, 5.41) is 10.1. The lowest BCUT2D eigenvalue weighted by molar-refractivity contribution is -0.115. The van der Waals surface area contributed by atoms with Gasteiger partial charge in [0.15, 0.2) is 8.68 Å². The highest BCUT2D eigenvalue weighted by molar-refractivity contribution is 8.03. The van der Waals surface area contributed by atoms with Gasteiger partial charge in [-0.05, 0) is 18.4 Å². The molecule has 1 amide bonds. The number of carbonyl (C=O) groups excluding carboxylic acids is 1. The number of nitrogens with zero attached hydrogens (tertiary/aromatic N) is 3. The van der Waals surface area contributed by atoms with Crippen molar-refractivity contribution in [3.05, 3.63) is 29.0 Å². The van der Waals surface area contributed by atoms with Crippen LogP contribution in [-0.2, 0) is 10.5 Å². The SMILES string of the molecule is Cc1oc(-c2cccs2)nc1CSc1nnc(SCC(N)=O)s1. The van der Waals surface area contributed by atoms with Crippen LogP contribution in [0.2, 0.25) is 0 Å². The monoisotopic (exact) mass is 384 g/mol. The maximum absolute atomic E-state index is 10.8. The third-order valence-corrected chi connectivity index (χ3v) is 6.76. The molecule has 6 nitrogen and oxygen atoms in total. The standard InChI is InChI=1S/C13H12N4O2S4/c1-7-8(15-11(19-7)9-3-2-4-20-9)5-21-12-16-17-13(23-12)22-6-10(14)18/h2-4H,5-6H2,1H3,(H2,14,18). The average molecular weight is 385 g/mol. The molecule has 3 aromatic heterocycles. The van der Waals surface area contributed by atoms with E-state index in [1.165, 1.54) is 23.1 Å². The first kappa shape index (κ1) is 16.5. The van der Waals surface area contributed by atoms with Gasteiger partial charge in [-0.25, -0.2) is 4.98 Å². The third-order valence-electron chi connectivity index (χ3n) is 2.68. The first-order chi connectivity index (χ1) is 11.1. The molecule has 0 fully saturated rings. The first-order valence-electron chi connectivity index (χ1n) is 6.49. The second-order valence-electron chi connectivity index (χ2n) is 4.38. The van der Waals surface area contributed by atoms with Crippen LogP contribution in [0.25, 0.3) is 10.8 Å². The van der Waals surface area contributed by atoms with Crippen LogP contribution >= 0.6 is 46.2 Å². The molecule has 0 aliphatic heterocycles. The molecular weight excluding hydrogens is 372 g/mol. The number of primary amides is 1. The molecule has 0 atom stereocenters. The molecule has 0 radical (unpaired) electrons. The number of hydrogen-bond acceptors (Lipinski definition) is 9. The molecule has 0 bridgehead atoms. The molecule has 0 spiro atoms. The Morgan fingerprint density at radius 3 is 2.83 bits per heavy atom. The molecule has 0 saturated heterocycles. The molecule has 0 aromatic carbocycles. The minimum Gasteiger partial charge on any atom is -0.440 e. The Kier molecular flexibility index (Phi) is 5.36. The second-order valence-corrected chi connectivity index (χ2v) is 8.75. The number of carbonyl (C=O) groups is 1. The van der Waals surface area contributed by atoms with Gasteiger partial charge in [0, 0.05) is 5.75 Å². The quantitative estimate of drug-likeness (QED) is 0.623. The molecular formula is C13H12N4O2S4. The lowest BCUT2D eigenvalue weighted by atomic mass is 10.4. The number of thioether (sulfide) groups is 2. The van der Waals surface area contributed by atoms with Crippen molar-refractivity contribution >= 4 is 52.1 Å². The van der Waals surface area contributed by atoms with Crippen LogP contribution < -0.4 is 5.73 Å². The van der Waals surface area contributed by atoms with Gasteiger partial charge in [0.05, 0.1) is 16.3 Å². The van der Waals surface area contributed by atoms with E-state index >= 15 is 0 Å². The Hall–Kier alpha value is -1.36. The summed E-state index contributed by atoms with van der Waals surface area (Å²) in [7, 11) is 0. The minimum atomic E-state index is -0.362. The maximum atomic E-state index is 10.8. The van der Waals surface area contributed by atoms with Crippen molar-refractivity contribution in [2.75, 3.05) is 5.75 Å². The van der Waals surface area contributed by atoms with Crippen molar-refractivity contribution in [1.29, 1.82) is 0 Å². The Bertz CT molecular complexity index is 797. The maximum Gasteiger partial charge on any atom is 0.236 e. The summed E-state index contributed by atoms with van der Waals surface area (Å²) in [5.74, 6) is 1.98. The van der Waals surface area contributed by atoms with E-state index in [4.69, 9.17) is 10.2 Å². The van der Waals surface area contributed by atoms with Gasteiger partial charge in [-0.15, -0.1) is 21.5 Å². The van der Waals surface area contributed by atoms with Gasteiger partial charge < -0.3 is 10.2 Å². The Morgan fingerprint density at radius 2 is 2.13 bits per heavy atom. The fourth-order valence-corrected chi connectivity index (χ4v) is 5.05. The number of hydrogen-bond donors (Lipinski definition) is 1. The van der Waals surface area contributed by atoms with Gasteiger partial charge in [-0.2, -0.15) is 0 Å². The van der Waals surface area contributed by atoms with E-state index in [1.54, 1.807) is 23.1 Å². The molecule has 3 aromatic rings. The van der Waals surface area contributed by atoms with Crippen molar-refractivity contribution in [1.82, 2.24) is 15.2 Å². The van der Waals surface area contributed by atoms with Crippen LogP contribution in [0.1, 0.15) is 11.5 Å². The lowest BCUT2D eigenvalue weighted by Gasteiger charge is -1.93. The Morgan fingerprint density at radius 1 is 1.35 bits per heavy atom. The predicted octanol–water partition coefficient (Wildman–Crippen LogP) is 3.43. The van der Waals surface area contributed by atoms with E-state index in [1.807, 2.05) is 24.4 Å². The van der Waals surface area contributed by atoms with Crippen molar-refractivity contribution in [2.24, 2.45) is 5.73 Å². The highest BCUT2D eigenvalue weighted by Crippen LogP contribution is 2.32. The zero-order chi connectivity index (χ0) is 16.2. The molecule has 23 heavy (non-hydrogen) atoms. The van der Waals surface area contributed by atoms with Crippen LogP contribution in [0.3, 0.4) is 0 Å². The number of aryl methyl sites for hydroxylation is 1. The van der Waals surface area contributed by atoms with Crippen molar-refractivity contribution < 1.29 is 9.21 Å². The van der Waals surface area contributed by atoms with Crippen molar-refractivity contribution in [2.45, 2.75) is 21.4 Å². The third kappa shape index (κ3) is 4.34. The summed E-state index contributed by atoms with van der Waals surface area (Å²) < 4.78 is 7.28. The summed E-state index contributed by atoms with van der Waals surface area (Å²) in [4.78, 5) is 16.3. The fraction of sp³-hybridized carbons (Fsp3) is 0.231. The summed E-state index contributed by atoms with van der Waals surface area (Å²) in [6.45, 7) is 1.91. The topological polar surface area (TPSA) is 94.9 Å². The summed E-state index contributed by atoms with van der Waals surface area (Å²) in [6, 6.07) is 3.96. The number of thiophene rings is 1. The van der Waals surface area contributed by atoms with Crippen LogP contribution in [-0.4, -0.2) is 26.8 Å². The highest BCUT2D eigenvalue weighted by Gasteiger charge is 2.14. The number of amides is 1. The number of oxazole rings is 1. The van der Waals surface area contributed by atoms with E-state index < -0.39 is 0 Å². The van der Waals surface area contributed by atoms with Gasteiger partial charge in [0.25, 0.3) is 0 Å². The minimum absolute atomic E-state index is 0.214. The molecule has 2 N–H and O–H groups in total. The van der Waals surface area contributed by atoms with Crippen LogP contribution in [0.4, 0.5) is 0 Å². The van der Waals surface area contributed by atoms with E-state index in [0.29, 0.717) is 11.6 Å². The summed E-state index contributed by atoms with van der Waals surface area (Å²) in [5.41, 5.74) is 6.02. The molecule has 0 aliphatic rings. The fourth-order valence-electron chi connectivity index (χ4n) is 1.64. The van der Waals surface area contributed by atoms with Crippen LogP contribution in [0.5, 0.6) is 0 Å². The first-order valence-corrected chi connectivity index (χ1v) is 10.2. The van der Waals surface area contributed by atoms with Gasteiger partial charge in [0.2, 0.25) is 11.8 Å². The smallest absolute Gasteiger partial charge is 0.236 e. The normalized spacial score (nSPS) is 11.0. The van der Waals surface area contributed by atoms with E-state index in [0.717, 1.165) is 25.0 Å². The molecule has 0 unspecified atom stereocenters.